The summed E-state index contributed by atoms with van der Waals surface area (Å²) in [7, 11) is 0. The predicted molar refractivity (Wildman–Crippen MR) is 59.3 cm³/mol. The Balaban J connectivity index is 2.14. The van der Waals surface area contributed by atoms with Gasteiger partial charge in [-0.2, -0.15) is 0 Å². The molecule has 1 saturated heterocycles. The summed E-state index contributed by atoms with van der Waals surface area (Å²) in [5.74, 6) is 1.68. The van der Waals surface area contributed by atoms with Gasteiger partial charge in [0.05, 0.1) is 0 Å². The molecule has 2 heteroatoms. The lowest BCUT2D eigenvalue weighted by molar-refractivity contribution is -0.120. The molecule has 0 aromatic heterocycles. The molecule has 0 saturated carbocycles. The van der Waals surface area contributed by atoms with E-state index in [1.54, 1.807) is 0 Å². The molecule has 0 aromatic rings. The Labute approximate surface area is 87.5 Å². The van der Waals surface area contributed by atoms with Crippen LogP contribution < -0.4 is 5.32 Å². The van der Waals surface area contributed by atoms with E-state index in [0.717, 1.165) is 25.9 Å². The summed E-state index contributed by atoms with van der Waals surface area (Å²) in [5.41, 5.74) is 0. The van der Waals surface area contributed by atoms with Crippen LogP contribution in [-0.2, 0) is 4.79 Å². The molecule has 1 fully saturated rings. The Morgan fingerprint density at radius 2 is 2.36 bits per heavy atom. The third-order valence-electron chi connectivity index (χ3n) is 3.04. The number of ketones is 1. The average Bonchev–Trinajstić information content (AvgIpc) is 2.56. The summed E-state index contributed by atoms with van der Waals surface area (Å²) >= 11 is 0. The molecule has 1 aliphatic rings. The molecule has 0 aliphatic carbocycles. The SMILES string of the molecule is CCCC(C)CC(=O)CC1CCNC1. The van der Waals surface area contributed by atoms with E-state index in [-0.39, 0.29) is 0 Å². The average molecular weight is 197 g/mol. The summed E-state index contributed by atoms with van der Waals surface area (Å²) < 4.78 is 0. The number of carbonyl (C=O) groups excluding carboxylic acids is 1. The lowest BCUT2D eigenvalue weighted by atomic mass is 9.94. The number of rotatable bonds is 6. The monoisotopic (exact) mass is 197 g/mol. The van der Waals surface area contributed by atoms with Crippen LogP contribution in [0.3, 0.4) is 0 Å². The van der Waals surface area contributed by atoms with Crippen molar-refractivity contribution in [3.05, 3.63) is 0 Å². The zero-order valence-corrected chi connectivity index (χ0v) is 9.51. The van der Waals surface area contributed by atoms with E-state index >= 15 is 0 Å². The topological polar surface area (TPSA) is 29.1 Å². The maximum absolute atomic E-state index is 11.7. The second-order valence-corrected chi connectivity index (χ2v) is 4.70. The van der Waals surface area contributed by atoms with Crippen LogP contribution >= 0.6 is 0 Å². The van der Waals surface area contributed by atoms with Crippen molar-refractivity contribution in [1.29, 1.82) is 0 Å². The molecule has 0 aromatic carbocycles. The van der Waals surface area contributed by atoms with Gasteiger partial charge in [0.15, 0.2) is 0 Å². The van der Waals surface area contributed by atoms with Crippen LogP contribution in [-0.4, -0.2) is 18.9 Å². The Morgan fingerprint density at radius 3 is 2.93 bits per heavy atom. The van der Waals surface area contributed by atoms with Gasteiger partial charge >= 0.3 is 0 Å². The quantitative estimate of drug-likeness (QED) is 0.708. The van der Waals surface area contributed by atoms with Crippen LogP contribution in [0.15, 0.2) is 0 Å². The lowest BCUT2D eigenvalue weighted by Crippen LogP contribution is -2.14. The van der Waals surface area contributed by atoms with Crippen LogP contribution in [0.25, 0.3) is 0 Å². The van der Waals surface area contributed by atoms with E-state index in [9.17, 15) is 4.79 Å². The van der Waals surface area contributed by atoms with E-state index in [4.69, 9.17) is 0 Å². The maximum Gasteiger partial charge on any atom is 0.133 e. The minimum atomic E-state index is 0.472. The lowest BCUT2D eigenvalue weighted by Gasteiger charge is -2.11. The van der Waals surface area contributed by atoms with E-state index < -0.39 is 0 Å². The largest absolute Gasteiger partial charge is 0.316 e. The molecule has 82 valence electrons. The summed E-state index contributed by atoms with van der Waals surface area (Å²) in [6.45, 7) is 6.52. The summed E-state index contributed by atoms with van der Waals surface area (Å²) in [6, 6.07) is 0. The summed E-state index contributed by atoms with van der Waals surface area (Å²) in [5, 5.41) is 3.30. The molecule has 14 heavy (non-hydrogen) atoms. The van der Waals surface area contributed by atoms with E-state index in [2.05, 4.69) is 19.2 Å². The van der Waals surface area contributed by atoms with Crippen LogP contribution in [0.2, 0.25) is 0 Å². The first-order chi connectivity index (χ1) is 6.72. The number of hydrogen-bond acceptors (Lipinski definition) is 2. The van der Waals surface area contributed by atoms with Crippen molar-refractivity contribution in [1.82, 2.24) is 5.32 Å². The van der Waals surface area contributed by atoms with Crippen molar-refractivity contribution < 1.29 is 4.79 Å². The number of Topliss-reactive ketones (excluding diaryl/α,β-unsaturated/α-hetero) is 1. The molecular formula is C12H23NO. The molecule has 2 nitrogen and oxygen atoms in total. The Bertz CT molecular complexity index is 173. The smallest absolute Gasteiger partial charge is 0.133 e. The Hall–Kier alpha value is -0.370. The fourth-order valence-corrected chi connectivity index (χ4v) is 2.28. The van der Waals surface area contributed by atoms with Gasteiger partial charge in [-0.05, 0) is 31.3 Å². The van der Waals surface area contributed by atoms with Crippen molar-refractivity contribution in [3.8, 4) is 0 Å². The first-order valence-corrected chi connectivity index (χ1v) is 5.94. The predicted octanol–water partition coefficient (Wildman–Crippen LogP) is 2.38. The second kappa shape index (κ2) is 6.18. The molecule has 0 radical (unpaired) electrons. The van der Waals surface area contributed by atoms with E-state index in [1.807, 2.05) is 0 Å². The highest BCUT2D eigenvalue weighted by Crippen LogP contribution is 2.17. The van der Waals surface area contributed by atoms with Crippen molar-refractivity contribution in [3.63, 3.8) is 0 Å². The second-order valence-electron chi connectivity index (χ2n) is 4.70. The zero-order chi connectivity index (χ0) is 10.4. The Kier molecular flexibility index (Phi) is 5.16. The van der Waals surface area contributed by atoms with Gasteiger partial charge in [-0.3, -0.25) is 4.79 Å². The van der Waals surface area contributed by atoms with Crippen LogP contribution in [0.5, 0.6) is 0 Å². The minimum Gasteiger partial charge on any atom is -0.316 e. The van der Waals surface area contributed by atoms with Gasteiger partial charge in [-0.15, -0.1) is 0 Å². The molecule has 1 rings (SSSR count). The van der Waals surface area contributed by atoms with Crippen LogP contribution in [0.1, 0.15) is 46.0 Å². The van der Waals surface area contributed by atoms with Crippen molar-refractivity contribution in [2.45, 2.75) is 46.0 Å². The third kappa shape index (κ3) is 4.23. The highest BCUT2D eigenvalue weighted by Gasteiger charge is 2.18. The minimum absolute atomic E-state index is 0.472. The third-order valence-corrected chi connectivity index (χ3v) is 3.04. The molecule has 1 aliphatic heterocycles. The van der Waals surface area contributed by atoms with E-state index in [0.29, 0.717) is 17.6 Å². The molecule has 0 bridgehead atoms. The van der Waals surface area contributed by atoms with Gasteiger partial charge < -0.3 is 5.32 Å². The number of hydrogen-bond donors (Lipinski definition) is 1. The van der Waals surface area contributed by atoms with Crippen molar-refractivity contribution in [2.24, 2.45) is 11.8 Å². The first kappa shape index (κ1) is 11.7. The van der Waals surface area contributed by atoms with Crippen molar-refractivity contribution >= 4 is 5.78 Å². The summed E-state index contributed by atoms with van der Waals surface area (Å²) in [6.07, 6.45) is 5.17. The van der Waals surface area contributed by atoms with Gasteiger partial charge in [0.25, 0.3) is 0 Å². The molecule has 2 unspecified atom stereocenters. The number of nitrogens with one attached hydrogen (secondary N) is 1. The zero-order valence-electron chi connectivity index (χ0n) is 9.51. The van der Waals surface area contributed by atoms with Gasteiger partial charge in [0.1, 0.15) is 5.78 Å². The Morgan fingerprint density at radius 1 is 1.57 bits per heavy atom. The standard InChI is InChI=1S/C12H23NO/c1-3-4-10(2)7-12(14)8-11-5-6-13-9-11/h10-11,13H,3-9H2,1-2H3. The number of carbonyl (C=O) groups is 1. The molecule has 2 atom stereocenters. The fourth-order valence-electron chi connectivity index (χ4n) is 2.28. The van der Waals surface area contributed by atoms with Crippen LogP contribution in [0, 0.1) is 11.8 Å². The van der Waals surface area contributed by atoms with Gasteiger partial charge in [0, 0.05) is 12.8 Å². The molecular weight excluding hydrogens is 174 g/mol. The summed E-state index contributed by atoms with van der Waals surface area (Å²) in [4.78, 5) is 11.7. The van der Waals surface area contributed by atoms with Gasteiger partial charge in [-0.25, -0.2) is 0 Å². The molecule has 0 amide bonds. The fraction of sp³-hybridized carbons (Fsp3) is 0.917. The highest BCUT2D eigenvalue weighted by molar-refractivity contribution is 5.78. The highest BCUT2D eigenvalue weighted by atomic mass is 16.1. The molecule has 1 N–H and O–H groups in total. The van der Waals surface area contributed by atoms with Crippen molar-refractivity contribution in [2.75, 3.05) is 13.1 Å². The van der Waals surface area contributed by atoms with Crippen LogP contribution in [0.4, 0.5) is 0 Å². The molecule has 0 spiro atoms. The van der Waals surface area contributed by atoms with Gasteiger partial charge in [-0.1, -0.05) is 26.7 Å². The molecule has 1 heterocycles. The first-order valence-electron chi connectivity index (χ1n) is 5.94. The normalized spacial score (nSPS) is 23.7. The van der Waals surface area contributed by atoms with E-state index in [1.165, 1.54) is 19.3 Å². The van der Waals surface area contributed by atoms with Gasteiger partial charge in [0.2, 0.25) is 0 Å². The maximum atomic E-state index is 11.7.